The molecule has 0 bridgehead atoms. The molecule has 25 heavy (non-hydrogen) atoms. The van der Waals surface area contributed by atoms with Crippen LogP contribution in [0.25, 0.3) is 16.8 Å². The van der Waals surface area contributed by atoms with Crippen LogP contribution in [0.1, 0.15) is 36.5 Å². The summed E-state index contributed by atoms with van der Waals surface area (Å²) < 4.78 is 6.41. The lowest BCUT2D eigenvalue weighted by atomic mass is 10.0. The number of nitrogens with zero attached hydrogens (tertiary/aromatic N) is 4. The predicted molar refractivity (Wildman–Crippen MR) is 95.6 cm³/mol. The fraction of sp³-hybridized carbons (Fsp3) is 0.294. The Morgan fingerprint density at radius 2 is 2.12 bits per heavy atom. The number of anilines is 1. The minimum atomic E-state index is -0.619. The Kier molecular flexibility index (Phi) is 4.85. The molecule has 0 aliphatic heterocycles. The van der Waals surface area contributed by atoms with E-state index in [1.807, 2.05) is 18.2 Å². The van der Waals surface area contributed by atoms with Gasteiger partial charge in [-0.25, -0.2) is 4.79 Å². The van der Waals surface area contributed by atoms with Crippen LogP contribution in [0, 0.1) is 0 Å². The zero-order valence-electron chi connectivity index (χ0n) is 14.0. The molecule has 8 heteroatoms. The van der Waals surface area contributed by atoms with Crippen LogP contribution in [-0.4, -0.2) is 32.4 Å². The number of hydrogen-bond donors (Lipinski definition) is 1. The zero-order valence-corrected chi connectivity index (χ0v) is 14.7. The highest BCUT2D eigenvalue weighted by Gasteiger charge is 2.22. The predicted octanol–water partition coefficient (Wildman–Crippen LogP) is 3.16. The van der Waals surface area contributed by atoms with E-state index in [9.17, 15) is 4.79 Å². The van der Waals surface area contributed by atoms with Gasteiger partial charge in [0, 0.05) is 5.02 Å². The van der Waals surface area contributed by atoms with Crippen molar-refractivity contribution in [3.05, 3.63) is 40.7 Å². The summed E-state index contributed by atoms with van der Waals surface area (Å²) in [6.45, 7) is 4.00. The van der Waals surface area contributed by atoms with Crippen LogP contribution in [0.15, 0.2) is 24.3 Å². The Hall–Kier alpha value is -2.67. The first-order valence-electron chi connectivity index (χ1n) is 8.03. The Balaban J connectivity index is 2.24. The molecule has 3 aromatic rings. The maximum atomic E-state index is 12.0. The molecule has 0 fully saturated rings. The molecule has 0 saturated heterocycles. The number of fused-ring (bicyclic) bond motifs is 1. The van der Waals surface area contributed by atoms with Gasteiger partial charge in [0.25, 0.3) is 0 Å². The lowest BCUT2D eigenvalue weighted by Crippen LogP contribution is -2.15. The van der Waals surface area contributed by atoms with E-state index < -0.39 is 5.97 Å². The molecule has 0 atom stereocenters. The third kappa shape index (κ3) is 3.15. The van der Waals surface area contributed by atoms with Gasteiger partial charge in [-0.2, -0.15) is 9.61 Å². The van der Waals surface area contributed by atoms with Gasteiger partial charge in [0.05, 0.1) is 17.9 Å². The number of halogens is 1. The third-order valence-corrected chi connectivity index (χ3v) is 3.95. The first-order chi connectivity index (χ1) is 12.1. The normalized spacial score (nSPS) is 11.0. The van der Waals surface area contributed by atoms with Crippen molar-refractivity contribution in [2.75, 3.05) is 12.3 Å². The Morgan fingerprint density at radius 3 is 2.80 bits per heavy atom. The van der Waals surface area contributed by atoms with Crippen LogP contribution in [0.5, 0.6) is 0 Å². The van der Waals surface area contributed by atoms with Crippen molar-refractivity contribution in [3.8, 4) is 11.1 Å². The summed E-state index contributed by atoms with van der Waals surface area (Å²) in [4.78, 5) is 12.0. The number of rotatable bonds is 5. The van der Waals surface area contributed by atoms with Gasteiger partial charge in [-0.1, -0.05) is 37.1 Å². The van der Waals surface area contributed by atoms with Crippen molar-refractivity contribution in [3.63, 3.8) is 0 Å². The smallest absolute Gasteiger partial charge is 0.362 e. The maximum absolute atomic E-state index is 12.0. The van der Waals surface area contributed by atoms with Gasteiger partial charge in [0.1, 0.15) is 0 Å². The van der Waals surface area contributed by atoms with Crippen molar-refractivity contribution in [2.45, 2.75) is 26.7 Å². The van der Waals surface area contributed by atoms with Crippen LogP contribution in [0.4, 0.5) is 5.82 Å². The first kappa shape index (κ1) is 17.2. The van der Waals surface area contributed by atoms with Crippen molar-refractivity contribution < 1.29 is 9.53 Å². The number of aromatic nitrogens is 4. The number of aryl methyl sites for hydroxylation is 1. The van der Waals surface area contributed by atoms with Gasteiger partial charge in [-0.3, -0.25) is 0 Å². The SMILES string of the molecule is CCCc1nn2c(N)c(C(=O)OCC)nnc2c1-c1cccc(Cl)c1. The highest BCUT2D eigenvalue weighted by Crippen LogP contribution is 2.31. The summed E-state index contributed by atoms with van der Waals surface area (Å²) in [5.41, 5.74) is 9.07. The highest BCUT2D eigenvalue weighted by atomic mass is 35.5. The van der Waals surface area contributed by atoms with E-state index in [1.54, 1.807) is 13.0 Å². The van der Waals surface area contributed by atoms with Gasteiger partial charge in [-0.15, -0.1) is 10.2 Å². The van der Waals surface area contributed by atoms with Crippen molar-refractivity contribution >= 4 is 29.0 Å². The van der Waals surface area contributed by atoms with Crippen molar-refractivity contribution in [1.82, 2.24) is 19.8 Å². The zero-order chi connectivity index (χ0) is 18.0. The number of hydrogen-bond acceptors (Lipinski definition) is 6. The van der Waals surface area contributed by atoms with Gasteiger partial charge in [0.2, 0.25) is 5.69 Å². The second kappa shape index (κ2) is 7.06. The molecule has 0 aliphatic carbocycles. The second-order valence-electron chi connectivity index (χ2n) is 5.47. The lowest BCUT2D eigenvalue weighted by molar-refractivity contribution is 0.0519. The molecule has 7 nitrogen and oxygen atoms in total. The molecule has 130 valence electrons. The fourth-order valence-electron chi connectivity index (χ4n) is 2.66. The quantitative estimate of drug-likeness (QED) is 0.703. The molecular formula is C17H18ClN5O2. The van der Waals surface area contributed by atoms with E-state index in [1.165, 1.54) is 4.52 Å². The number of carbonyl (C=O) groups excluding carboxylic acids is 1. The molecule has 2 N–H and O–H groups in total. The minimum Gasteiger partial charge on any atom is -0.461 e. The minimum absolute atomic E-state index is 0.0439. The monoisotopic (exact) mass is 359 g/mol. The number of esters is 1. The molecular weight excluding hydrogens is 342 g/mol. The largest absolute Gasteiger partial charge is 0.461 e. The second-order valence-corrected chi connectivity index (χ2v) is 5.91. The molecule has 0 aliphatic rings. The van der Waals surface area contributed by atoms with Crippen LogP contribution < -0.4 is 5.73 Å². The van der Waals surface area contributed by atoms with E-state index in [2.05, 4.69) is 22.2 Å². The summed E-state index contributed by atoms with van der Waals surface area (Å²) in [7, 11) is 0. The van der Waals surface area contributed by atoms with E-state index in [0.29, 0.717) is 10.7 Å². The molecule has 1 aromatic carbocycles. The molecule has 2 aromatic heterocycles. The summed E-state index contributed by atoms with van der Waals surface area (Å²) in [6.07, 6.45) is 1.63. The Morgan fingerprint density at radius 1 is 1.32 bits per heavy atom. The van der Waals surface area contributed by atoms with E-state index in [0.717, 1.165) is 29.7 Å². The number of benzene rings is 1. The van der Waals surface area contributed by atoms with Crippen LogP contribution in [0.2, 0.25) is 5.02 Å². The van der Waals surface area contributed by atoms with Crippen LogP contribution >= 0.6 is 11.6 Å². The Bertz CT molecular complexity index is 938. The molecule has 0 amide bonds. The van der Waals surface area contributed by atoms with Crippen LogP contribution in [0.3, 0.4) is 0 Å². The third-order valence-electron chi connectivity index (χ3n) is 3.72. The van der Waals surface area contributed by atoms with Crippen LogP contribution in [-0.2, 0) is 11.2 Å². The summed E-state index contributed by atoms with van der Waals surface area (Å²) in [5, 5.41) is 13.3. The van der Waals surface area contributed by atoms with Crippen molar-refractivity contribution in [1.29, 1.82) is 0 Å². The van der Waals surface area contributed by atoms with E-state index in [4.69, 9.17) is 22.1 Å². The highest BCUT2D eigenvalue weighted by molar-refractivity contribution is 6.30. The van der Waals surface area contributed by atoms with Gasteiger partial charge in [0.15, 0.2) is 11.5 Å². The summed E-state index contributed by atoms with van der Waals surface area (Å²) in [6, 6.07) is 7.43. The standard InChI is InChI=1S/C17H18ClN5O2/c1-3-6-12-13(10-7-5-8-11(18)9-10)16-21-20-14(17(24)25-4-2)15(19)23(16)22-12/h5,7-9H,3-4,6,19H2,1-2H3. The maximum Gasteiger partial charge on any atom is 0.362 e. The fourth-order valence-corrected chi connectivity index (χ4v) is 2.85. The molecule has 0 spiro atoms. The number of nitrogen functional groups attached to an aromatic ring is 1. The van der Waals surface area contributed by atoms with Gasteiger partial charge >= 0.3 is 5.97 Å². The number of nitrogens with two attached hydrogens (primary N) is 1. The molecule has 3 rings (SSSR count). The molecule has 0 saturated carbocycles. The van der Waals surface area contributed by atoms with Gasteiger partial charge < -0.3 is 10.5 Å². The Labute approximate surface area is 149 Å². The summed E-state index contributed by atoms with van der Waals surface area (Å²) >= 11 is 6.13. The number of ether oxygens (including phenoxy) is 1. The lowest BCUT2D eigenvalue weighted by Gasteiger charge is -2.05. The van der Waals surface area contributed by atoms with E-state index in [-0.39, 0.29) is 18.1 Å². The number of carbonyl (C=O) groups is 1. The summed E-state index contributed by atoms with van der Waals surface area (Å²) in [5.74, 6) is -0.514. The topological polar surface area (TPSA) is 95.4 Å². The van der Waals surface area contributed by atoms with Crippen molar-refractivity contribution in [2.24, 2.45) is 0 Å². The molecule has 2 heterocycles. The molecule has 0 unspecified atom stereocenters. The van der Waals surface area contributed by atoms with Gasteiger partial charge in [-0.05, 0) is 31.0 Å². The average molecular weight is 360 g/mol. The average Bonchev–Trinajstić information content (AvgIpc) is 2.95. The first-order valence-corrected chi connectivity index (χ1v) is 8.41. The van der Waals surface area contributed by atoms with E-state index >= 15 is 0 Å². The molecule has 0 radical (unpaired) electrons.